The largest absolute Gasteiger partial charge is 0.481 e. The zero-order chi connectivity index (χ0) is 14.7. The zero-order valence-corrected chi connectivity index (χ0v) is 11.3. The Labute approximate surface area is 118 Å². The van der Waals surface area contributed by atoms with Gasteiger partial charge in [-0.3, -0.25) is 9.59 Å². The number of aliphatic carboxylic acids is 1. The van der Waals surface area contributed by atoms with Gasteiger partial charge in [0.1, 0.15) is 0 Å². The number of carbonyl (C=O) groups excluding carboxylic acids is 1. The first-order valence-corrected chi connectivity index (χ1v) is 7.20. The maximum Gasteiger partial charge on any atom is 0.305 e. The van der Waals surface area contributed by atoms with Crippen LogP contribution in [-0.2, 0) is 4.79 Å². The molecule has 1 amide bonds. The van der Waals surface area contributed by atoms with Crippen molar-refractivity contribution in [1.29, 1.82) is 0 Å². The van der Waals surface area contributed by atoms with Crippen LogP contribution in [0.5, 0.6) is 0 Å². The molecule has 2 rings (SSSR count). The average Bonchev–Trinajstić information content (AvgIpc) is 2.41. The molecule has 1 aliphatic rings. The van der Waals surface area contributed by atoms with E-state index in [-0.39, 0.29) is 12.0 Å². The van der Waals surface area contributed by atoms with Crippen LogP contribution in [0.15, 0.2) is 18.2 Å². The lowest BCUT2D eigenvalue weighted by molar-refractivity contribution is -0.138. The molecule has 1 aliphatic heterocycles. The lowest BCUT2D eigenvalue weighted by atomic mass is 10.1. The van der Waals surface area contributed by atoms with Gasteiger partial charge in [-0.2, -0.15) is 11.8 Å². The van der Waals surface area contributed by atoms with Crippen molar-refractivity contribution < 1.29 is 23.5 Å². The first-order valence-electron chi connectivity index (χ1n) is 6.05. The molecule has 108 valence electrons. The van der Waals surface area contributed by atoms with E-state index in [0.717, 1.165) is 6.07 Å². The Morgan fingerprint density at radius 1 is 1.40 bits per heavy atom. The van der Waals surface area contributed by atoms with Crippen LogP contribution in [0.3, 0.4) is 0 Å². The number of benzene rings is 1. The van der Waals surface area contributed by atoms with Gasteiger partial charge in [0.05, 0.1) is 18.0 Å². The normalized spacial score (nSPS) is 18.9. The second kappa shape index (κ2) is 6.21. The first kappa shape index (κ1) is 14.8. The van der Waals surface area contributed by atoms with Gasteiger partial charge in [0.25, 0.3) is 5.91 Å². The highest BCUT2D eigenvalue weighted by Crippen LogP contribution is 2.23. The molecule has 1 aromatic rings. The summed E-state index contributed by atoms with van der Waals surface area (Å²) in [5, 5.41) is 8.85. The highest BCUT2D eigenvalue weighted by atomic mass is 32.2. The van der Waals surface area contributed by atoms with Gasteiger partial charge in [-0.05, 0) is 12.1 Å². The van der Waals surface area contributed by atoms with Gasteiger partial charge in [-0.1, -0.05) is 6.07 Å². The summed E-state index contributed by atoms with van der Waals surface area (Å²) in [6.07, 6.45) is -0.199. The summed E-state index contributed by atoms with van der Waals surface area (Å²) in [5.74, 6) is -2.82. The number of amides is 1. The van der Waals surface area contributed by atoms with E-state index in [4.69, 9.17) is 5.11 Å². The van der Waals surface area contributed by atoms with Gasteiger partial charge in [-0.25, -0.2) is 8.78 Å². The van der Waals surface area contributed by atoms with Crippen molar-refractivity contribution in [2.75, 3.05) is 18.1 Å². The molecule has 1 saturated heterocycles. The minimum atomic E-state index is -1.19. The van der Waals surface area contributed by atoms with Crippen LogP contribution in [0.4, 0.5) is 8.78 Å². The summed E-state index contributed by atoms with van der Waals surface area (Å²) in [6.45, 7) is 0.331. The van der Waals surface area contributed by atoms with Crippen LogP contribution in [0.2, 0.25) is 0 Å². The molecule has 0 spiro atoms. The molecule has 0 aromatic heterocycles. The fraction of sp³-hybridized carbons (Fsp3) is 0.385. The molecule has 0 aliphatic carbocycles. The van der Waals surface area contributed by atoms with Crippen LogP contribution in [0, 0.1) is 11.6 Å². The number of carbonyl (C=O) groups is 2. The monoisotopic (exact) mass is 301 g/mol. The minimum Gasteiger partial charge on any atom is -0.481 e. The van der Waals surface area contributed by atoms with Crippen LogP contribution in [0.1, 0.15) is 16.8 Å². The Hall–Kier alpha value is -1.63. The third-order valence-electron chi connectivity index (χ3n) is 3.08. The number of carboxylic acid groups (broad SMARTS) is 1. The maximum atomic E-state index is 13.7. The molecule has 0 saturated carbocycles. The Kier molecular flexibility index (Phi) is 4.59. The number of thioether (sulfide) groups is 1. The van der Waals surface area contributed by atoms with Gasteiger partial charge in [0.15, 0.2) is 11.6 Å². The van der Waals surface area contributed by atoms with E-state index >= 15 is 0 Å². The van der Waals surface area contributed by atoms with Gasteiger partial charge in [0.2, 0.25) is 0 Å². The van der Waals surface area contributed by atoms with E-state index in [0.29, 0.717) is 18.1 Å². The van der Waals surface area contributed by atoms with Crippen LogP contribution in [0.25, 0.3) is 0 Å². The molecule has 1 aromatic carbocycles. The van der Waals surface area contributed by atoms with E-state index in [2.05, 4.69) is 0 Å². The lowest BCUT2D eigenvalue weighted by Crippen LogP contribution is -2.47. The van der Waals surface area contributed by atoms with Crippen LogP contribution in [-0.4, -0.2) is 46.0 Å². The summed E-state index contributed by atoms with van der Waals surface area (Å²) in [4.78, 5) is 24.4. The van der Waals surface area contributed by atoms with Crippen molar-refractivity contribution in [2.24, 2.45) is 0 Å². The third kappa shape index (κ3) is 3.09. The Morgan fingerprint density at radius 2 is 2.15 bits per heavy atom. The van der Waals surface area contributed by atoms with Gasteiger partial charge in [0, 0.05) is 18.1 Å². The van der Waals surface area contributed by atoms with Crippen molar-refractivity contribution >= 4 is 23.6 Å². The van der Waals surface area contributed by atoms with E-state index in [1.54, 1.807) is 11.8 Å². The standard InChI is InChI=1S/C13H13F2NO3S/c14-10-3-1-2-9(12(10)15)13(19)16-4-5-20-7-8(16)6-11(17)18/h1-3,8H,4-7H2,(H,17,18). The average molecular weight is 301 g/mol. The first-order chi connectivity index (χ1) is 9.50. The molecule has 1 fully saturated rings. The summed E-state index contributed by atoms with van der Waals surface area (Å²) < 4.78 is 26.8. The highest BCUT2D eigenvalue weighted by Gasteiger charge is 2.31. The molecular weight excluding hydrogens is 288 g/mol. The van der Waals surface area contributed by atoms with Crippen molar-refractivity contribution in [3.8, 4) is 0 Å². The number of hydrogen-bond acceptors (Lipinski definition) is 3. The number of hydrogen-bond donors (Lipinski definition) is 1. The molecule has 7 heteroatoms. The molecule has 1 atom stereocenters. The van der Waals surface area contributed by atoms with Gasteiger partial charge < -0.3 is 10.0 Å². The topological polar surface area (TPSA) is 57.6 Å². The number of halogens is 2. The van der Waals surface area contributed by atoms with Crippen molar-refractivity contribution in [3.05, 3.63) is 35.4 Å². The van der Waals surface area contributed by atoms with Crippen molar-refractivity contribution in [2.45, 2.75) is 12.5 Å². The van der Waals surface area contributed by atoms with Crippen molar-refractivity contribution in [3.63, 3.8) is 0 Å². The fourth-order valence-corrected chi connectivity index (χ4v) is 3.18. The summed E-state index contributed by atoms with van der Waals surface area (Å²) in [5.41, 5.74) is -0.354. The Bertz CT molecular complexity index is 538. The summed E-state index contributed by atoms with van der Waals surface area (Å²) in [7, 11) is 0. The van der Waals surface area contributed by atoms with E-state index in [1.807, 2.05) is 0 Å². The molecular formula is C13H13F2NO3S. The molecule has 1 heterocycles. The fourth-order valence-electron chi connectivity index (χ4n) is 2.12. The third-order valence-corrected chi connectivity index (χ3v) is 4.17. The number of carboxylic acids is 1. The molecule has 4 nitrogen and oxygen atoms in total. The number of nitrogens with zero attached hydrogens (tertiary/aromatic N) is 1. The summed E-state index contributed by atoms with van der Waals surface area (Å²) >= 11 is 1.54. The predicted molar refractivity (Wildman–Crippen MR) is 70.8 cm³/mol. The van der Waals surface area contributed by atoms with E-state index in [9.17, 15) is 18.4 Å². The minimum absolute atomic E-state index is 0.199. The second-order valence-corrected chi connectivity index (χ2v) is 5.58. The summed E-state index contributed by atoms with van der Waals surface area (Å²) in [6, 6.07) is 2.91. The zero-order valence-electron chi connectivity index (χ0n) is 10.5. The highest BCUT2D eigenvalue weighted by molar-refractivity contribution is 7.99. The van der Waals surface area contributed by atoms with E-state index in [1.165, 1.54) is 17.0 Å². The Balaban J connectivity index is 2.25. The van der Waals surface area contributed by atoms with Crippen LogP contribution >= 0.6 is 11.8 Å². The molecule has 20 heavy (non-hydrogen) atoms. The lowest BCUT2D eigenvalue weighted by Gasteiger charge is -2.34. The molecule has 1 N–H and O–H groups in total. The SMILES string of the molecule is O=C(O)CC1CSCCN1C(=O)c1cccc(F)c1F. The molecule has 0 radical (unpaired) electrons. The quantitative estimate of drug-likeness (QED) is 0.927. The predicted octanol–water partition coefficient (Wildman–Crippen LogP) is 2.00. The molecule has 1 unspecified atom stereocenters. The van der Waals surface area contributed by atoms with Gasteiger partial charge in [-0.15, -0.1) is 0 Å². The number of rotatable bonds is 3. The molecule has 0 bridgehead atoms. The Morgan fingerprint density at radius 3 is 2.85 bits per heavy atom. The van der Waals surface area contributed by atoms with Gasteiger partial charge >= 0.3 is 5.97 Å². The second-order valence-electron chi connectivity index (χ2n) is 4.43. The van der Waals surface area contributed by atoms with Crippen molar-refractivity contribution in [1.82, 2.24) is 4.90 Å². The smallest absolute Gasteiger partial charge is 0.305 e. The van der Waals surface area contributed by atoms with E-state index < -0.39 is 29.6 Å². The maximum absolute atomic E-state index is 13.7. The van der Waals surface area contributed by atoms with Crippen LogP contribution < -0.4 is 0 Å².